The zero-order valence-corrected chi connectivity index (χ0v) is 17.2. The van der Waals surface area contributed by atoms with Gasteiger partial charge in [-0.25, -0.2) is 9.78 Å². The van der Waals surface area contributed by atoms with E-state index in [9.17, 15) is 4.79 Å². The molecule has 4 rings (SSSR count). The second-order valence-corrected chi connectivity index (χ2v) is 8.62. The topological polar surface area (TPSA) is 70.2 Å². The van der Waals surface area contributed by atoms with Gasteiger partial charge >= 0.3 is 6.09 Å². The van der Waals surface area contributed by atoms with E-state index in [2.05, 4.69) is 27.4 Å². The standard InChI is InChI=1S/C23H28N4O2/c1-23(2,3)29-22(28)27-13-7-8-17(15-27)16-11-12-19-20(14-16)26-21(25-19)24-18-9-5-4-6-10-18/h4-6,9-12,14,17H,7-8,13,15H2,1-3H3,(H2,24,25,26). The molecule has 1 atom stereocenters. The minimum atomic E-state index is -0.471. The molecule has 0 spiro atoms. The first-order valence-corrected chi connectivity index (χ1v) is 10.2. The molecule has 1 aliphatic rings. The SMILES string of the molecule is CC(C)(C)OC(=O)N1CCCC(c2ccc3nc(Nc4ccccc4)[nH]c3c2)C1. The zero-order chi connectivity index (χ0) is 20.4. The first-order valence-electron chi connectivity index (χ1n) is 10.2. The van der Waals surface area contributed by atoms with Crippen LogP contribution in [0.2, 0.25) is 0 Å². The number of amides is 1. The van der Waals surface area contributed by atoms with Crippen molar-refractivity contribution >= 4 is 28.8 Å². The molecule has 152 valence electrons. The summed E-state index contributed by atoms with van der Waals surface area (Å²) in [7, 11) is 0. The molecular formula is C23H28N4O2. The molecule has 1 saturated heterocycles. The molecular weight excluding hydrogens is 364 g/mol. The Kier molecular flexibility index (Phi) is 5.18. The molecule has 2 N–H and O–H groups in total. The lowest BCUT2D eigenvalue weighted by Crippen LogP contribution is -2.42. The molecule has 29 heavy (non-hydrogen) atoms. The molecule has 1 fully saturated rings. The Morgan fingerprint density at radius 3 is 2.76 bits per heavy atom. The second kappa shape index (κ2) is 7.78. The predicted molar refractivity (Wildman–Crippen MR) is 116 cm³/mol. The number of carbonyl (C=O) groups is 1. The lowest BCUT2D eigenvalue weighted by Gasteiger charge is -2.34. The summed E-state index contributed by atoms with van der Waals surface area (Å²) in [6, 6.07) is 16.3. The number of H-pyrrole nitrogens is 1. The summed E-state index contributed by atoms with van der Waals surface area (Å²) in [5.41, 5.74) is 3.66. The van der Waals surface area contributed by atoms with Crippen LogP contribution in [0.15, 0.2) is 48.5 Å². The van der Waals surface area contributed by atoms with Gasteiger partial charge in [0.1, 0.15) is 5.60 Å². The number of likely N-dealkylation sites (tertiary alicyclic amines) is 1. The number of para-hydroxylation sites is 1. The maximum atomic E-state index is 12.5. The molecule has 1 unspecified atom stereocenters. The van der Waals surface area contributed by atoms with Gasteiger partial charge in [0.05, 0.1) is 11.0 Å². The van der Waals surface area contributed by atoms with Crippen molar-refractivity contribution in [2.45, 2.75) is 45.1 Å². The monoisotopic (exact) mass is 392 g/mol. The van der Waals surface area contributed by atoms with E-state index in [0.717, 1.165) is 42.1 Å². The molecule has 0 bridgehead atoms. The van der Waals surface area contributed by atoms with Crippen molar-refractivity contribution in [2.75, 3.05) is 18.4 Å². The fourth-order valence-corrected chi connectivity index (χ4v) is 3.74. The van der Waals surface area contributed by atoms with Gasteiger partial charge in [-0.05, 0) is 63.4 Å². The number of nitrogens with one attached hydrogen (secondary N) is 2. The van der Waals surface area contributed by atoms with Crippen LogP contribution in [0.25, 0.3) is 11.0 Å². The highest BCUT2D eigenvalue weighted by Crippen LogP contribution is 2.30. The number of aromatic amines is 1. The first-order chi connectivity index (χ1) is 13.9. The van der Waals surface area contributed by atoms with Gasteiger partial charge in [0.25, 0.3) is 0 Å². The van der Waals surface area contributed by atoms with Crippen LogP contribution in [0.5, 0.6) is 0 Å². The molecule has 0 aliphatic carbocycles. The Hall–Kier alpha value is -3.02. The summed E-state index contributed by atoms with van der Waals surface area (Å²) in [5.74, 6) is 1.02. The third-order valence-electron chi connectivity index (χ3n) is 5.09. The predicted octanol–water partition coefficient (Wildman–Crippen LogP) is 5.42. The van der Waals surface area contributed by atoms with Crippen LogP contribution in [0.4, 0.5) is 16.4 Å². The van der Waals surface area contributed by atoms with Crippen LogP contribution in [0.1, 0.15) is 45.1 Å². The quantitative estimate of drug-likeness (QED) is 0.624. The fraction of sp³-hybridized carbons (Fsp3) is 0.391. The van der Waals surface area contributed by atoms with Crippen molar-refractivity contribution in [3.63, 3.8) is 0 Å². The number of ether oxygens (including phenoxy) is 1. The number of carbonyl (C=O) groups excluding carboxylic acids is 1. The summed E-state index contributed by atoms with van der Waals surface area (Å²) in [6.07, 6.45) is 1.82. The number of aromatic nitrogens is 2. The van der Waals surface area contributed by atoms with Crippen LogP contribution in [0.3, 0.4) is 0 Å². The number of hydrogen-bond acceptors (Lipinski definition) is 4. The Bertz CT molecular complexity index is 991. The average molecular weight is 393 g/mol. The second-order valence-electron chi connectivity index (χ2n) is 8.62. The van der Waals surface area contributed by atoms with Crippen molar-refractivity contribution in [2.24, 2.45) is 0 Å². The van der Waals surface area contributed by atoms with E-state index in [1.54, 1.807) is 0 Å². The maximum absolute atomic E-state index is 12.5. The van der Waals surface area contributed by atoms with Crippen LogP contribution in [0, 0.1) is 0 Å². The van der Waals surface area contributed by atoms with Gasteiger partial charge in [-0.15, -0.1) is 0 Å². The molecule has 1 amide bonds. The minimum absolute atomic E-state index is 0.223. The van der Waals surface area contributed by atoms with Crippen molar-refractivity contribution in [3.8, 4) is 0 Å². The van der Waals surface area contributed by atoms with Crippen molar-refractivity contribution in [1.82, 2.24) is 14.9 Å². The number of imidazole rings is 1. The number of nitrogens with zero attached hydrogens (tertiary/aromatic N) is 2. The summed E-state index contributed by atoms with van der Waals surface area (Å²) in [6.45, 7) is 7.14. The molecule has 1 aliphatic heterocycles. The van der Waals surface area contributed by atoms with Gasteiger partial charge in [-0.1, -0.05) is 24.3 Å². The van der Waals surface area contributed by atoms with E-state index >= 15 is 0 Å². The van der Waals surface area contributed by atoms with Gasteiger partial charge in [-0.2, -0.15) is 0 Å². The Balaban J connectivity index is 1.49. The number of rotatable bonds is 3. The molecule has 2 aromatic carbocycles. The molecule has 2 heterocycles. The third kappa shape index (κ3) is 4.70. The van der Waals surface area contributed by atoms with E-state index in [0.29, 0.717) is 12.5 Å². The Labute approximate surface area is 171 Å². The van der Waals surface area contributed by atoms with Crippen molar-refractivity contribution in [1.29, 1.82) is 0 Å². The number of hydrogen-bond donors (Lipinski definition) is 2. The lowest BCUT2D eigenvalue weighted by molar-refractivity contribution is 0.0198. The number of fused-ring (bicyclic) bond motifs is 1. The van der Waals surface area contributed by atoms with Gasteiger partial charge < -0.3 is 19.9 Å². The highest BCUT2D eigenvalue weighted by Gasteiger charge is 2.28. The van der Waals surface area contributed by atoms with E-state index in [4.69, 9.17) is 4.74 Å². The van der Waals surface area contributed by atoms with Crippen LogP contribution in [-0.2, 0) is 4.74 Å². The highest BCUT2D eigenvalue weighted by molar-refractivity contribution is 5.79. The zero-order valence-electron chi connectivity index (χ0n) is 17.2. The number of anilines is 2. The Morgan fingerprint density at radius 1 is 1.21 bits per heavy atom. The van der Waals surface area contributed by atoms with E-state index in [1.807, 2.05) is 62.1 Å². The normalized spacial score (nSPS) is 17.3. The summed E-state index contributed by atoms with van der Waals surface area (Å²) < 4.78 is 5.55. The largest absolute Gasteiger partial charge is 0.444 e. The van der Waals surface area contributed by atoms with E-state index < -0.39 is 5.60 Å². The van der Waals surface area contributed by atoms with Gasteiger partial charge in [-0.3, -0.25) is 0 Å². The van der Waals surface area contributed by atoms with Gasteiger partial charge in [0.15, 0.2) is 0 Å². The van der Waals surface area contributed by atoms with Crippen LogP contribution >= 0.6 is 0 Å². The fourth-order valence-electron chi connectivity index (χ4n) is 3.74. The van der Waals surface area contributed by atoms with Crippen LogP contribution < -0.4 is 5.32 Å². The van der Waals surface area contributed by atoms with Gasteiger partial charge in [0, 0.05) is 24.7 Å². The van der Waals surface area contributed by atoms with Crippen molar-refractivity contribution in [3.05, 3.63) is 54.1 Å². The number of piperidine rings is 1. The summed E-state index contributed by atoms with van der Waals surface area (Å²) in [4.78, 5) is 22.3. The summed E-state index contributed by atoms with van der Waals surface area (Å²) in [5, 5.41) is 3.30. The number of benzene rings is 2. The molecule has 0 saturated carbocycles. The molecule has 0 radical (unpaired) electrons. The minimum Gasteiger partial charge on any atom is -0.444 e. The first kappa shape index (κ1) is 19.3. The third-order valence-corrected chi connectivity index (χ3v) is 5.09. The summed E-state index contributed by atoms with van der Waals surface area (Å²) >= 11 is 0. The lowest BCUT2D eigenvalue weighted by atomic mass is 9.90. The Morgan fingerprint density at radius 2 is 2.00 bits per heavy atom. The van der Waals surface area contributed by atoms with Gasteiger partial charge in [0.2, 0.25) is 5.95 Å². The molecule has 1 aromatic heterocycles. The molecule has 3 aromatic rings. The highest BCUT2D eigenvalue weighted by atomic mass is 16.6. The molecule has 6 heteroatoms. The molecule has 6 nitrogen and oxygen atoms in total. The van der Waals surface area contributed by atoms with E-state index in [-0.39, 0.29) is 6.09 Å². The van der Waals surface area contributed by atoms with E-state index in [1.165, 1.54) is 5.56 Å². The van der Waals surface area contributed by atoms with Crippen LogP contribution in [-0.4, -0.2) is 39.7 Å². The maximum Gasteiger partial charge on any atom is 0.410 e. The average Bonchev–Trinajstić information content (AvgIpc) is 3.09. The van der Waals surface area contributed by atoms with Crippen molar-refractivity contribution < 1.29 is 9.53 Å². The smallest absolute Gasteiger partial charge is 0.410 e.